The molecule has 1 aliphatic heterocycles. The molecule has 1 heterocycles. The molecule has 1 aliphatic carbocycles. The number of nitrogens with zero attached hydrogens (tertiary/aromatic N) is 2. The lowest BCUT2D eigenvalue weighted by atomic mass is 10.1. The van der Waals surface area contributed by atoms with Gasteiger partial charge in [-0.25, -0.2) is 0 Å². The molecule has 4 nitrogen and oxygen atoms in total. The van der Waals surface area contributed by atoms with Crippen molar-refractivity contribution in [2.24, 2.45) is 16.8 Å². The lowest BCUT2D eigenvalue weighted by molar-refractivity contribution is 0.0390. The molecule has 2 aliphatic rings. The van der Waals surface area contributed by atoms with Crippen molar-refractivity contribution in [1.29, 1.82) is 0 Å². The average molecular weight is 197 g/mol. The quantitative estimate of drug-likeness (QED) is 0.526. The fourth-order valence-electron chi connectivity index (χ4n) is 2.12. The van der Waals surface area contributed by atoms with Crippen molar-refractivity contribution in [2.75, 3.05) is 26.3 Å². The molecular formula is C10H19N3O. The lowest BCUT2D eigenvalue weighted by Gasteiger charge is -2.25. The molecule has 0 radical (unpaired) electrons. The van der Waals surface area contributed by atoms with E-state index in [1.165, 1.54) is 25.7 Å². The molecule has 14 heavy (non-hydrogen) atoms. The van der Waals surface area contributed by atoms with E-state index >= 15 is 0 Å². The summed E-state index contributed by atoms with van der Waals surface area (Å²) < 4.78 is 5.26. The second-order valence-electron chi connectivity index (χ2n) is 4.07. The molecule has 0 aromatic heterocycles. The van der Waals surface area contributed by atoms with Crippen LogP contribution in [0.4, 0.5) is 0 Å². The van der Waals surface area contributed by atoms with E-state index in [9.17, 15) is 0 Å². The molecule has 0 bridgehead atoms. The van der Waals surface area contributed by atoms with Crippen molar-refractivity contribution >= 4 is 5.84 Å². The van der Waals surface area contributed by atoms with Gasteiger partial charge in [0.25, 0.3) is 0 Å². The van der Waals surface area contributed by atoms with Gasteiger partial charge in [0.2, 0.25) is 0 Å². The zero-order valence-electron chi connectivity index (χ0n) is 8.61. The summed E-state index contributed by atoms with van der Waals surface area (Å²) in [6, 6.07) is 0. The highest BCUT2D eigenvalue weighted by molar-refractivity contribution is 5.82. The van der Waals surface area contributed by atoms with Crippen molar-refractivity contribution in [1.82, 2.24) is 5.01 Å². The first-order chi connectivity index (χ1) is 6.86. The highest BCUT2D eigenvalue weighted by Gasteiger charge is 2.19. The van der Waals surface area contributed by atoms with Crippen LogP contribution < -0.4 is 5.73 Å². The Morgan fingerprint density at radius 3 is 2.50 bits per heavy atom. The second-order valence-corrected chi connectivity index (χ2v) is 4.07. The van der Waals surface area contributed by atoms with Gasteiger partial charge in [0, 0.05) is 5.92 Å². The van der Waals surface area contributed by atoms with Crippen LogP contribution in [0, 0.1) is 5.92 Å². The Hall–Kier alpha value is -0.770. The largest absolute Gasteiger partial charge is 0.385 e. The van der Waals surface area contributed by atoms with Gasteiger partial charge in [-0.05, 0) is 12.8 Å². The van der Waals surface area contributed by atoms with Gasteiger partial charge in [-0.15, -0.1) is 0 Å². The predicted octanol–water partition coefficient (Wildman–Crippen LogP) is 0.781. The Labute approximate surface area is 85.1 Å². The first kappa shape index (κ1) is 9.77. The maximum Gasteiger partial charge on any atom is 0.122 e. The maximum atomic E-state index is 5.98. The summed E-state index contributed by atoms with van der Waals surface area (Å²) in [4.78, 5) is 0. The third kappa shape index (κ3) is 2.38. The number of ether oxygens (including phenoxy) is 1. The summed E-state index contributed by atoms with van der Waals surface area (Å²) >= 11 is 0. The standard InChI is InChI=1S/C10H19N3O/c11-10(9-3-1-2-4-9)12-13-5-7-14-8-6-13/h9H,1-8H2,(H2,11,12). The number of hydrogen-bond donors (Lipinski definition) is 1. The maximum absolute atomic E-state index is 5.98. The summed E-state index contributed by atoms with van der Waals surface area (Å²) in [7, 11) is 0. The van der Waals surface area contributed by atoms with Gasteiger partial charge < -0.3 is 10.5 Å². The van der Waals surface area contributed by atoms with Gasteiger partial charge in [0.1, 0.15) is 5.84 Å². The van der Waals surface area contributed by atoms with E-state index in [0.717, 1.165) is 32.1 Å². The Balaban J connectivity index is 1.87. The molecule has 1 saturated heterocycles. The van der Waals surface area contributed by atoms with Crippen LogP contribution in [-0.4, -0.2) is 37.1 Å². The van der Waals surface area contributed by atoms with E-state index in [1.807, 2.05) is 5.01 Å². The lowest BCUT2D eigenvalue weighted by Crippen LogP contribution is -2.35. The van der Waals surface area contributed by atoms with Crippen molar-refractivity contribution in [3.8, 4) is 0 Å². The fourth-order valence-corrected chi connectivity index (χ4v) is 2.12. The van der Waals surface area contributed by atoms with E-state index in [2.05, 4.69) is 5.10 Å². The van der Waals surface area contributed by atoms with Crippen molar-refractivity contribution in [3.63, 3.8) is 0 Å². The van der Waals surface area contributed by atoms with Crippen LogP contribution in [0.15, 0.2) is 5.10 Å². The molecule has 80 valence electrons. The predicted molar refractivity (Wildman–Crippen MR) is 56.0 cm³/mol. The molecule has 0 atom stereocenters. The topological polar surface area (TPSA) is 50.8 Å². The van der Waals surface area contributed by atoms with Gasteiger partial charge >= 0.3 is 0 Å². The number of nitrogens with two attached hydrogens (primary N) is 1. The molecule has 0 amide bonds. The van der Waals surface area contributed by atoms with Crippen LogP contribution in [0.25, 0.3) is 0 Å². The molecule has 2 fully saturated rings. The third-order valence-corrected chi connectivity index (χ3v) is 3.02. The number of hydrogen-bond acceptors (Lipinski definition) is 3. The van der Waals surface area contributed by atoms with Crippen LogP contribution >= 0.6 is 0 Å². The Kier molecular flexibility index (Phi) is 3.24. The third-order valence-electron chi connectivity index (χ3n) is 3.02. The van der Waals surface area contributed by atoms with Gasteiger partial charge in [-0.3, -0.25) is 5.01 Å². The van der Waals surface area contributed by atoms with Crippen LogP contribution in [0.1, 0.15) is 25.7 Å². The fraction of sp³-hybridized carbons (Fsp3) is 0.900. The van der Waals surface area contributed by atoms with Crippen molar-refractivity contribution in [2.45, 2.75) is 25.7 Å². The van der Waals surface area contributed by atoms with E-state index in [-0.39, 0.29) is 0 Å². The van der Waals surface area contributed by atoms with Crippen molar-refractivity contribution < 1.29 is 4.74 Å². The molecule has 0 aromatic rings. The summed E-state index contributed by atoms with van der Waals surface area (Å²) in [5.41, 5.74) is 5.98. The smallest absolute Gasteiger partial charge is 0.122 e. The highest BCUT2D eigenvalue weighted by atomic mass is 16.5. The van der Waals surface area contributed by atoms with E-state index in [1.54, 1.807) is 0 Å². The van der Waals surface area contributed by atoms with Gasteiger partial charge in [0.05, 0.1) is 26.3 Å². The highest BCUT2D eigenvalue weighted by Crippen LogP contribution is 2.24. The molecule has 4 heteroatoms. The van der Waals surface area contributed by atoms with E-state index in [0.29, 0.717) is 5.92 Å². The van der Waals surface area contributed by atoms with E-state index < -0.39 is 0 Å². The average Bonchev–Trinajstić information content (AvgIpc) is 2.72. The summed E-state index contributed by atoms with van der Waals surface area (Å²) in [5, 5.41) is 6.50. The Morgan fingerprint density at radius 2 is 1.86 bits per heavy atom. The minimum Gasteiger partial charge on any atom is -0.385 e. The minimum absolute atomic E-state index is 0.540. The van der Waals surface area contributed by atoms with E-state index in [4.69, 9.17) is 10.5 Å². The summed E-state index contributed by atoms with van der Waals surface area (Å²) in [6.45, 7) is 3.32. The van der Waals surface area contributed by atoms with Crippen LogP contribution in [0.3, 0.4) is 0 Å². The normalized spacial score (nSPS) is 25.7. The Bertz CT molecular complexity index is 205. The first-order valence-corrected chi connectivity index (χ1v) is 5.53. The van der Waals surface area contributed by atoms with Crippen LogP contribution in [-0.2, 0) is 4.74 Å². The molecule has 0 unspecified atom stereocenters. The number of amidine groups is 1. The molecule has 0 spiro atoms. The van der Waals surface area contributed by atoms with Crippen LogP contribution in [0.5, 0.6) is 0 Å². The molecule has 2 rings (SSSR count). The number of hydrazone groups is 1. The first-order valence-electron chi connectivity index (χ1n) is 5.53. The SMILES string of the molecule is N/C(=N\N1CCOCC1)C1CCCC1. The second kappa shape index (κ2) is 4.64. The molecular weight excluding hydrogens is 178 g/mol. The zero-order valence-corrected chi connectivity index (χ0v) is 8.61. The Morgan fingerprint density at radius 1 is 1.21 bits per heavy atom. The van der Waals surface area contributed by atoms with Crippen molar-refractivity contribution in [3.05, 3.63) is 0 Å². The molecule has 2 N–H and O–H groups in total. The molecule has 1 saturated carbocycles. The van der Waals surface area contributed by atoms with Crippen LogP contribution in [0.2, 0.25) is 0 Å². The molecule has 0 aromatic carbocycles. The number of morpholine rings is 1. The number of rotatable bonds is 2. The van der Waals surface area contributed by atoms with Gasteiger partial charge in [-0.1, -0.05) is 12.8 Å². The van der Waals surface area contributed by atoms with Gasteiger partial charge in [0.15, 0.2) is 0 Å². The zero-order chi connectivity index (χ0) is 9.80. The summed E-state index contributed by atoms with van der Waals surface area (Å²) in [6.07, 6.45) is 5.06. The van der Waals surface area contributed by atoms with Gasteiger partial charge in [-0.2, -0.15) is 5.10 Å². The summed E-state index contributed by atoms with van der Waals surface area (Å²) in [5.74, 6) is 1.38. The monoisotopic (exact) mass is 197 g/mol. The minimum atomic E-state index is 0.540.